The Morgan fingerprint density at radius 3 is 2.71 bits per heavy atom. The largest absolute Gasteiger partial charge is 0.416 e. The summed E-state index contributed by atoms with van der Waals surface area (Å²) in [5.41, 5.74) is 1.57. The number of fused-ring (bicyclic) bond motifs is 1. The summed E-state index contributed by atoms with van der Waals surface area (Å²) in [6.07, 6.45) is 1.38. The van der Waals surface area contributed by atoms with Crippen LogP contribution in [0.5, 0.6) is 0 Å². The lowest BCUT2D eigenvalue weighted by atomic mass is 10.0. The molecule has 2 N–H and O–H groups in total. The van der Waals surface area contributed by atoms with Gasteiger partial charge in [-0.05, 0) is 36.2 Å². The number of nitrogens with one attached hydrogen (secondary N) is 2. The second-order valence-electron chi connectivity index (χ2n) is 8.03. The monoisotopic (exact) mass is 468 g/mol. The molecule has 0 aliphatic carbocycles. The maximum atomic E-state index is 13.6. The average molecular weight is 468 g/mol. The molecule has 0 spiro atoms. The zero-order valence-electron chi connectivity index (χ0n) is 18.3. The number of morpholine rings is 1. The summed E-state index contributed by atoms with van der Waals surface area (Å²) in [4.78, 5) is 18.3. The van der Waals surface area contributed by atoms with E-state index in [4.69, 9.17) is 4.74 Å². The maximum Gasteiger partial charge on any atom is 0.416 e. The Hall–Kier alpha value is -3.66. The van der Waals surface area contributed by atoms with E-state index in [2.05, 4.69) is 30.2 Å². The molecule has 3 aromatic heterocycles. The van der Waals surface area contributed by atoms with Gasteiger partial charge >= 0.3 is 6.18 Å². The first-order valence-electron chi connectivity index (χ1n) is 11.0. The third-order valence-corrected chi connectivity index (χ3v) is 5.74. The first-order chi connectivity index (χ1) is 16.5. The highest BCUT2D eigenvalue weighted by Gasteiger charge is 2.32. The Bertz CT molecular complexity index is 1270. The van der Waals surface area contributed by atoms with Gasteiger partial charge in [-0.3, -0.25) is 4.98 Å². The van der Waals surface area contributed by atoms with Gasteiger partial charge in [-0.1, -0.05) is 6.07 Å². The number of nitrogens with zero attached hydrogens (tertiary/aromatic N) is 4. The van der Waals surface area contributed by atoms with Crippen molar-refractivity contribution in [2.75, 3.05) is 43.1 Å². The molecule has 0 unspecified atom stereocenters. The number of aromatic amines is 1. The van der Waals surface area contributed by atoms with Crippen molar-refractivity contribution in [2.45, 2.75) is 12.6 Å². The fourth-order valence-electron chi connectivity index (χ4n) is 4.01. The summed E-state index contributed by atoms with van der Waals surface area (Å²) in [5.74, 6) is 1.02. The minimum absolute atomic E-state index is 0.365. The number of halogens is 3. The van der Waals surface area contributed by atoms with Gasteiger partial charge < -0.3 is 19.9 Å². The van der Waals surface area contributed by atoms with Crippen LogP contribution >= 0.6 is 0 Å². The number of anilines is 2. The number of aromatic nitrogens is 4. The van der Waals surface area contributed by atoms with E-state index in [0.717, 1.165) is 17.7 Å². The van der Waals surface area contributed by atoms with Gasteiger partial charge in [-0.25, -0.2) is 4.98 Å². The summed E-state index contributed by atoms with van der Waals surface area (Å²) in [5, 5.41) is 3.90. The van der Waals surface area contributed by atoms with Gasteiger partial charge in [0, 0.05) is 60.8 Å². The minimum Gasteiger partial charge on any atom is -0.378 e. The van der Waals surface area contributed by atoms with Gasteiger partial charge in [-0.15, -0.1) is 0 Å². The molecule has 1 saturated heterocycles. The summed E-state index contributed by atoms with van der Waals surface area (Å²) in [6.45, 7) is 2.98. The number of H-pyrrole nitrogens is 1. The molecule has 176 valence electrons. The van der Waals surface area contributed by atoms with Gasteiger partial charge in [0.1, 0.15) is 5.82 Å². The molecule has 5 rings (SSSR count). The van der Waals surface area contributed by atoms with Crippen molar-refractivity contribution in [3.05, 3.63) is 66.1 Å². The molecule has 34 heavy (non-hydrogen) atoms. The number of ether oxygens (including phenoxy) is 1. The zero-order valence-corrected chi connectivity index (χ0v) is 18.3. The van der Waals surface area contributed by atoms with Gasteiger partial charge in [0.2, 0.25) is 5.95 Å². The predicted octanol–water partition coefficient (Wildman–Crippen LogP) is 4.53. The van der Waals surface area contributed by atoms with Crippen molar-refractivity contribution in [2.24, 2.45) is 0 Å². The summed E-state index contributed by atoms with van der Waals surface area (Å²) >= 11 is 0. The zero-order chi connectivity index (χ0) is 23.5. The number of benzene rings is 1. The van der Waals surface area contributed by atoms with Crippen molar-refractivity contribution in [1.29, 1.82) is 0 Å². The molecular formula is C24H23F3N6O. The molecule has 0 atom stereocenters. The molecule has 0 radical (unpaired) electrons. The SMILES string of the molecule is FC(F)(F)c1cc(-c2cc(N3CCOCC3)nc(NCCc3cccnc3)n2)c2cc[nH]c2c1. The summed E-state index contributed by atoms with van der Waals surface area (Å²) in [6, 6.07) is 9.64. The van der Waals surface area contributed by atoms with E-state index < -0.39 is 11.7 Å². The van der Waals surface area contributed by atoms with Gasteiger partial charge in [0.05, 0.1) is 24.5 Å². The molecule has 1 aliphatic heterocycles. The molecule has 10 heteroatoms. The van der Waals surface area contributed by atoms with E-state index in [1.165, 1.54) is 0 Å². The molecule has 7 nitrogen and oxygen atoms in total. The quantitative estimate of drug-likeness (QED) is 0.433. The number of hydrogen-bond donors (Lipinski definition) is 2. The topological polar surface area (TPSA) is 79.0 Å². The molecule has 1 aliphatic rings. The van der Waals surface area contributed by atoms with E-state index in [9.17, 15) is 13.2 Å². The number of pyridine rings is 1. The highest BCUT2D eigenvalue weighted by molar-refractivity contribution is 5.95. The van der Waals surface area contributed by atoms with Crippen LogP contribution in [-0.2, 0) is 17.3 Å². The molecule has 1 aromatic carbocycles. The Morgan fingerprint density at radius 2 is 1.94 bits per heavy atom. The van der Waals surface area contributed by atoms with E-state index in [1.54, 1.807) is 30.7 Å². The van der Waals surface area contributed by atoms with Crippen LogP contribution in [0.25, 0.3) is 22.2 Å². The first kappa shape index (κ1) is 22.1. The lowest BCUT2D eigenvalue weighted by Crippen LogP contribution is -2.37. The number of alkyl halides is 3. The van der Waals surface area contributed by atoms with Crippen molar-refractivity contribution in [1.82, 2.24) is 19.9 Å². The second-order valence-corrected chi connectivity index (χ2v) is 8.03. The van der Waals surface area contributed by atoms with Crippen LogP contribution in [0.15, 0.2) is 55.0 Å². The number of rotatable bonds is 6. The van der Waals surface area contributed by atoms with Crippen LogP contribution in [-0.4, -0.2) is 52.8 Å². The second kappa shape index (κ2) is 9.30. The van der Waals surface area contributed by atoms with Crippen LogP contribution in [0.2, 0.25) is 0 Å². The normalized spacial score (nSPS) is 14.5. The Labute approximate surface area is 194 Å². The van der Waals surface area contributed by atoms with Gasteiger partial charge in [0.15, 0.2) is 0 Å². The van der Waals surface area contributed by atoms with Crippen LogP contribution in [0.4, 0.5) is 24.9 Å². The molecule has 0 bridgehead atoms. The highest BCUT2D eigenvalue weighted by Crippen LogP contribution is 2.37. The van der Waals surface area contributed by atoms with E-state index in [-0.39, 0.29) is 0 Å². The summed E-state index contributed by atoms with van der Waals surface area (Å²) < 4.78 is 46.3. The Kier molecular flexibility index (Phi) is 6.06. The van der Waals surface area contributed by atoms with E-state index >= 15 is 0 Å². The fourth-order valence-corrected chi connectivity index (χ4v) is 4.01. The van der Waals surface area contributed by atoms with Crippen LogP contribution in [0.1, 0.15) is 11.1 Å². The minimum atomic E-state index is -4.47. The molecule has 4 aromatic rings. The molecule has 1 fully saturated rings. The van der Waals surface area contributed by atoms with Crippen molar-refractivity contribution in [3.63, 3.8) is 0 Å². The van der Waals surface area contributed by atoms with E-state index in [0.29, 0.717) is 73.2 Å². The lowest BCUT2D eigenvalue weighted by Gasteiger charge is -2.28. The van der Waals surface area contributed by atoms with Crippen LogP contribution in [0.3, 0.4) is 0 Å². The predicted molar refractivity (Wildman–Crippen MR) is 124 cm³/mol. The van der Waals surface area contributed by atoms with Crippen molar-refractivity contribution >= 4 is 22.7 Å². The highest BCUT2D eigenvalue weighted by atomic mass is 19.4. The lowest BCUT2D eigenvalue weighted by molar-refractivity contribution is -0.137. The van der Waals surface area contributed by atoms with Crippen molar-refractivity contribution in [3.8, 4) is 11.3 Å². The summed E-state index contributed by atoms with van der Waals surface area (Å²) in [7, 11) is 0. The van der Waals surface area contributed by atoms with Gasteiger partial charge in [-0.2, -0.15) is 18.2 Å². The maximum absolute atomic E-state index is 13.6. The van der Waals surface area contributed by atoms with Crippen molar-refractivity contribution < 1.29 is 17.9 Å². The Balaban J connectivity index is 1.53. The molecule has 0 amide bonds. The number of hydrogen-bond acceptors (Lipinski definition) is 6. The average Bonchev–Trinajstić information content (AvgIpc) is 3.33. The Morgan fingerprint density at radius 1 is 1.09 bits per heavy atom. The van der Waals surface area contributed by atoms with Crippen LogP contribution in [0, 0.1) is 0 Å². The third kappa shape index (κ3) is 4.81. The molecular weight excluding hydrogens is 445 g/mol. The third-order valence-electron chi connectivity index (χ3n) is 5.74. The smallest absolute Gasteiger partial charge is 0.378 e. The standard InChI is InChI=1S/C24H23F3N6O/c25-24(26,27)17-12-19(18-4-7-29-20(18)13-17)21-14-22(33-8-10-34-11-9-33)32-23(31-21)30-6-3-16-2-1-5-28-15-16/h1-2,4-5,7,12-15,29H,3,6,8-11H2,(H,30,31,32). The van der Waals surface area contributed by atoms with Gasteiger partial charge in [0.25, 0.3) is 0 Å². The fraction of sp³-hybridized carbons (Fsp3) is 0.292. The molecule has 0 saturated carbocycles. The first-order valence-corrected chi connectivity index (χ1v) is 11.0. The van der Waals surface area contributed by atoms with Crippen LogP contribution < -0.4 is 10.2 Å². The van der Waals surface area contributed by atoms with E-state index in [1.807, 2.05) is 12.1 Å². The molecule has 4 heterocycles.